The fourth-order valence-electron chi connectivity index (χ4n) is 8.07. The second-order valence-corrected chi connectivity index (χ2v) is 17.0. The van der Waals surface area contributed by atoms with E-state index in [4.69, 9.17) is 4.42 Å². The molecule has 0 saturated heterocycles. The third kappa shape index (κ3) is 5.83. The first-order valence-electron chi connectivity index (χ1n) is 18.8. The number of hydrogen-bond acceptors (Lipinski definition) is 4. The van der Waals surface area contributed by atoms with Gasteiger partial charge in [0.1, 0.15) is 18.5 Å². The van der Waals surface area contributed by atoms with E-state index < -0.39 is 7.14 Å². The van der Waals surface area contributed by atoms with Crippen molar-refractivity contribution < 1.29 is 8.98 Å². The second kappa shape index (κ2) is 13.8. The summed E-state index contributed by atoms with van der Waals surface area (Å²) in [7, 11) is -2.93. The number of benzene rings is 8. The van der Waals surface area contributed by atoms with Gasteiger partial charge in [0, 0.05) is 50.4 Å². The van der Waals surface area contributed by atoms with Gasteiger partial charge in [0.25, 0.3) is 0 Å². The number of fused-ring (bicyclic) bond motifs is 5. The highest BCUT2D eigenvalue weighted by atomic mass is 31.2. The molecule has 0 saturated carbocycles. The molecule has 1 unspecified atom stereocenters. The van der Waals surface area contributed by atoms with E-state index in [1.54, 1.807) is 0 Å². The lowest BCUT2D eigenvalue weighted by molar-refractivity contribution is 0.591. The maximum absolute atomic E-state index is 14.7. The summed E-state index contributed by atoms with van der Waals surface area (Å²) in [5.74, 6) is 0.715. The molecule has 1 aliphatic rings. The SMILES string of the molecule is CP1(=O)c2ccc(-c3ccc(N(c4ccccc4)c4ccccc4)cc3)cc2-c2oc3ccc(-c4ccc(N(c5ccccc5)c5ccccc5)cc4)cc3c21. The summed E-state index contributed by atoms with van der Waals surface area (Å²) in [5, 5.41) is 2.57. The number of furan rings is 1. The molecule has 56 heavy (non-hydrogen) atoms. The van der Waals surface area contributed by atoms with Gasteiger partial charge >= 0.3 is 0 Å². The molecule has 0 aliphatic carbocycles. The van der Waals surface area contributed by atoms with E-state index >= 15 is 0 Å². The quantitative estimate of drug-likeness (QED) is 0.145. The first-order chi connectivity index (χ1) is 27.5. The molecule has 2 heterocycles. The van der Waals surface area contributed by atoms with Crippen LogP contribution in [-0.2, 0) is 4.57 Å². The van der Waals surface area contributed by atoms with Crippen LogP contribution in [0.1, 0.15) is 0 Å². The van der Waals surface area contributed by atoms with Crippen LogP contribution in [0.5, 0.6) is 0 Å². The maximum Gasteiger partial charge on any atom is 0.147 e. The molecule has 0 spiro atoms. The molecule has 1 aromatic heterocycles. The fraction of sp³-hybridized carbons (Fsp3) is 0.0196. The summed E-state index contributed by atoms with van der Waals surface area (Å²) in [6.07, 6.45) is 0. The zero-order chi connectivity index (χ0) is 37.6. The van der Waals surface area contributed by atoms with Crippen molar-refractivity contribution in [2.75, 3.05) is 16.5 Å². The zero-order valence-electron chi connectivity index (χ0n) is 30.8. The third-order valence-electron chi connectivity index (χ3n) is 10.8. The number of nitrogens with zero attached hydrogens (tertiary/aromatic N) is 2. The van der Waals surface area contributed by atoms with Crippen molar-refractivity contribution >= 4 is 62.8 Å². The van der Waals surface area contributed by atoms with Crippen LogP contribution in [0, 0.1) is 0 Å². The van der Waals surface area contributed by atoms with Crippen LogP contribution < -0.4 is 20.4 Å². The summed E-state index contributed by atoms with van der Waals surface area (Å²) in [6, 6.07) is 71.5. The minimum Gasteiger partial charge on any atom is -0.455 e. The average Bonchev–Trinajstić information content (AvgIpc) is 3.75. The van der Waals surface area contributed by atoms with E-state index in [-0.39, 0.29) is 0 Å². The molecule has 0 fully saturated rings. The Kier molecular flexibility index (Phi) is 8.28. The van der Waals surface area contributed by atoms with Crippen molar-refractivity contribution in [3.05, 3.63) is 206 Å². The Balaban J connectivity index is 0.979. The molecular formula is C51H37N2O2P. The predicted molar refractivity (Wildman–Crippen MR) is 235 cm³/mol. The standard InChI is InChI=1S/C51H37N2O2P/c1-56(54)49-33-27-39(37-24-30-45(31-25-37)53(42-18-10-4-11-19-42)43-20-12-5-13-21-43)35-47(49)50-51(56)46-34-38(26-32-48(46)55-50)36-22-28-44(29-23-36)52(40-14-6-2-7-15-40)41-16-8-3-9-17-41/h2-35H,1H3. The lowest BCUT2D eigenvalue weighted by atomic mass is 10.0. The normalized spacial score (nSPS) is 14.3. The van der Waals surface area contributed by atoms with Gasteiger partial charge in [-0.1, -0.05) is 109 Å². The molecule has 5 heteroatoms. The van der Waals surface area contributed by atoms with Crippen molar-refractivity contribution in [1.82, 2.24) is 0 Å². The van der Waals surface area contributed by atoms with Crippen LogP contribution in [-0.4, -0.2) is 6.66 Å². The van der Waals surface area contributed by atoms with Gasteiger partial charge in [-0.2, -0.15) is 0 Å². The van der Waals surface area contributed by atoms with Gasteiger partial charge in [0.15, 0.2) is 0 Å². The van der Waals surface area contributed by atoms with E-state index in [0.29, 0.717) is 5.76 Å². The second-order valence-electron chi connectivity index (χ2n) is 14.3. The lowest BCUT2D eigenvalue weighted by Crippen LogP contribution is -2.09. The Labute approximate surface area is 326 Å². The predicted octanol–water partition coefficient (Wildman–Crippen LogP) is 13.6. The first-order valence-corrected chi connectivity index (χ1v) is 21.0. The first kappa shape index (κ1) is 33.7. The lowest BCUT2D eigenvalue weighted by Gasteiger charge is -2.25. The van der Waals surface area contributed by atoms with Crippen LogP contribution in [0.4, 0.5) is 34.1 Å². The summed E-state index contributed by atoms with van der Waals surface area (Å²) in [4.78, 5) is 4.51. The van der Waals surface area contributed by atoms with Gasteiger partial charge in [-0.25, -0.2) is 0 Å². The number of rotatable bonds is 8. The molecule has 0 amide bonds. The summed E-state index contributed by atoms with van der Waals surface area (Å²) >= 11 is 0. The number of para-hydroxylation sites is 4. The van der Waals surface area contributed by atoms with Gasteiger partial charge in [0.2, 0.25) is 0 Å². The van der Waals surface area contributed by atoms with Gasteiger partial charge in [0.05, 0.1) is 5.30 Å². The van der Waals surface area contributed by atoms with Gasteiger partial charge in [-0.3, -0.25) is 0 Å². The molecule has 4 nitrogen and oxygen atoms in total. The Morgan fingerprint density at radius 2 is 0.786 bits per heavy atom. The van der Waals surface area contributed by atoms with E-state index in [9.17, 15) is 4.57 Å². The van der Waals surface area contributed by atoms with Crippen LogP contribution >= 0.6 is 7.14 Å². The topological polar surface area (TPSA) is 36.7 Å². The summed E-state index contributed by atoms with van der Waals surface area (Å²) in [6.45, 7) is 1.88. The molecule has 1 aliphatic heterocycles. The molecule has 9 aromatic rings. The molecule has 268 valence electrons. The van der Waals surface area contributed by atoms with Gasteiger partial charge in [-0.15, -0.1) is 0 Å². The van der Waals surface area contributed by atoms with Crippen LogP contribution in [0.3, 0.4) is 0 Å². The minimum atomic E-state index is -2.93. The van der Waals surface area contributed by atoms with E-state index in [1.165, 1.54) is 0 Å². The zero-order valence-corrected chi connectivity index (χ0v) is 31.7. The Morgan fingerprint density at radius 3 is 1.23 bits per heavy atom. The number of anilines is 6. The van der Waals surface area contributed by atoms with E-state index in [1.807, 2.05) is 43.1 Å². The molecule has 0 bridgehead atoms. The maximum atomic E-state index is 14.7. The van der Waals surface area contributed by atoms with Gasteiger partial charge < -0.3 is 18.8 Å². The Morgan fingerprint density at radius 1 is 0.411 bits per heavy atom. The third-order valence-corrected chi connectivity index (χ3v) is 13.4. The summed E-state index contributed by atoms with van der Waals surface area (Å²) < 4.78 is 21.3. The fourth-order valence-corrected chi connectivity index (χ4v) is 10.5. The molecule has 1 atom stereocenters. The monoisotopic (exact) mass is 740 g/mol. The number of hydrogen-bond donors (Lipinski definition) is 0. The Bertz CT molecular complexity index is 2790. The average molecular weight is 741 g/mol. The Hall–Kier alpha value is -6.87. The smallest absolute Gasteiger partial charge is 0.147 e. The largest absolute Gasteiger partial charge is 0.455 e. The molecule has 10 rings (SSSR count). The summed E-state index contributed by atoms with van der Waals surface area (Å²) in [5.41, 5.74) is 12.4. The van der Waals surface area contributed by atoms with Gasteiger partial charge in [-0.05, 0) is 126 Å². The van der Waals surface area contributed by atoms with E-state index in [2.05, 4.69) is 180 Å². The van der Waals surface area contributed by atoms with Crippen molar-refractivity contribution in [3.8, 4) is 33.6 Å². The van der Waals surface area contributed by atoms with E-state index in [0.717, 1.165) is 83.5 Å². The molecule has 0 radical (unpaired) electrons. The van der Waals surface area contributed by atoms with Crippen LogP contribution in [0.2, 0.25) is 0 Å². The highest BCUT2D eigenvalue weighted by Gasteiger charge is 2.40. The van der Waals surface area contributed by atoms with Crippen molar-refractivity contribution in [3.63, 3.8) is 0 Å². The van der Waals surface area contributed by atoms with Crippen molar-refractivity contribution in [1.29, 1.82) is 0 Å². The highest BCUT2D eigenvalue weighted by molar-refractivity contribution is 7.79. The van der Waals surface area contributed by atoms with Crippen molar-refractivity contribution in [2.45, 2.75) is 0 Å². The van der Waals surface area contributed by atoms with Crippen LogP contribution in [0.25, 0.3) is 44.5 Å². The molecule has 8 aromatic carbocycles. The van der Waals surface area contributed by atoms with Crippen molar-refractivity contribution in [2.24, 2.45) is 0 Å². The highest BCUT2D eigenvalue weighted by Crippen LogP contribution is 2.54. The van der Waals surface area contributed by atoms with Crippen LogP contribution in [0.15, 0.2) is 211 Å². The minimum absolute atomic E-state index is 0.715. The molecular weight excluding hydrogens is 704 g/mol. The molecule has 0 N–H and O–H groups in total.